The SMILES string of the molecule is CC#[N+]CCOS(=O)(=O)c1ccc(C)cc1. The summed E-state index contributed by atoms with van der Waals surface area (Å²) in [5, 5.41) is 0. The molecule has 0 saturated heterocycles. The summed E-state index contributed by atoms with van der Waals surface area (Å²) in [5.74, 6) is 0. The summed E-state index contributed by atoms with van der Waals surface area (Å²) in [6.45, 7) is 3.87. The molecule has 0 aliphatic heterocycles. The summed E-state index contributed by atoms with van der Waals surface area (Å²) in [6.07, 6.45) is 0. The highest BCUT2D eigenvalue weighted by molar-refractivity contribution is 7.86. The summed E-state index contributed by atoms with van der Waals surface area (Å²) in [4.78, 5) is 3.91. The Balaban J connectivity index is 2.69. The Morgan fingerprint density at radius 2 is 1.94 bits per heavy atom. The maximum absolute atomic E-state index is 11.6. The van der Waals surface area contributed by atoms with E-state index >= 15 is 0 Å². The molecule has 1 aromatic rings. The summed E-state index contributed by atoms with van der Waals surface area (Å²) in [6, 6.07) is 9.07. The van der Waals surface area contributed by atoms with Crippen LogP contribution in [-0.4, -0.2) is 21.6 Å². The molecule has 0 spiro atoms. The van der Waals surface area contributed by atoms with E-state index < -0.39 is 10.1 Å². The van der Waals surface area contributed by atoms with Crippen LogP contribution in [-0.2, 0) is 14.3 Å². The average molecular weight is 240 g/mol. The van der Waals surface area contributed by atoms with Gasteiger partial charge in [0.15, 0.2) is 0 Å². The topological polar surface area (TPSA) is 47.7 Å². The molecule has 4 nitrogen and oxygen atoms in total. The van der Waals surface area contributed by atoms with Gasteiger partial charge in [-0.3, -0.25) is 4.18 Å². The lowest BCUT2D eigenvalue weighted by molar-refractivity contribution is 0.335. The average Bonchev–Trinajstić information content (AvgIpc) is 2.25. The molecular weight excluding hydrogens is 226 g/mol. The molecule has 0 aliphatic carbocycles. The molecule has 0 radical (unpaired) electrons. The smallest absolute Gasteiger partial charge is 0.258 e. The first-order valence-corrected chi connectivity index (χ1v) is 6.26. The van der Waals surface area contributed by atoms with Gasteiger partial charge in [0.2, 0.25) is 0 Å². The molecule has 1 aromatic carbocycles. The van der Waals surface area contributed by atoms with Gasteiger partial charge < -0.3 is 0 Å². The molecule has 5 heteroatoms. The fraction of sp³-hybridized carbons (Fsp3) is 0.364. The summed E-state index contributed by atoms with van der Waals surface area (Å²) < 4.78 is 28.0. The van der Waals surface area contributed by atoms with Crippen molar-refractivity contribution in [2.24, 2.45) is 0 Å². The number of hydrogen-bond acceptors (Lipinski definition) is 3. The van der Waals surface area contributed by atoms with Crippen molar-refractivity contribution in [3.8, 4) is 6.07 Å². The quantitative estimate of drug-likeness (QED) is 0.598. The highest BCUT2D eigenvalue weighted by Gasteiger charge is 2.15. The fourth-order valence-electron chi connectivity index (χ4n) is 1.08. The monoisotopic (exact) mass is 240 g/mol. The van der Waals surface area contributed by atoms with Gasteiger partial charge in [-0.15, -0.1) is 0 Å². The summed E-state index contributed by atoms with van der Waals surface area (Å²) >= 11 is 0. The summed E-state index contributed by atoms with van der Waals surface area (Å²) in [5.41, 5.74) is 1.00. The van der Waals surface area contributed by atoms with Gasteiger partial charge >= 0.3 is 0 Å². The first-order valence-electron chi connectivity index (χ1n) is 4.85. The first-order chi connectivity index (χ1) is 7.56. The van der Waals surface area contributed by atoms with Crippen molar-refractivity contribution in [3.63, 3.8) is 0 Å². The Morgan fingerprint density at radius 3 is 2.50 bits per heavy atom. The third kappa shape index (κ3) is 3.65. The third-order valence-corrected chi connectivity index (χ3v) is 3.24. The van der Waals surface area contributed by atoms with Gasteiger partial charge in [0.25, 0.3) is 22.7 Å². The van der Waals surface area contributed by atoms with Gasteiger partial charge in [-0.25, -0.2) is 0 Å². The van der Waals surface area contributed by atoms with Crippen molar-refractivity contribution in [1.82, 2.24) is 0 Å². The van der Waals surface area contributed by atoms with Crippen LogP contribution in [0.3, 0.4) is 0 Å². The molecule has 0 aromatic heterocycles. The lowest BCUT2D eigenvalue weighted by Gasteiger charge is -2.02. The molecule has 0 amide bonds. The minimum atomic E-state index is -3.65. The van der Waals surface area contributed by atoms with E-state index in [9.17, 15) is 8.42 Å². The maximum atomic E-state index is 11.6. The number of benzene rings is 1. The minimum Gasteiger partial charge on any atom is -0.258 e. The number of hydrogen-bond donors (Lipinski definition) is 0. The molecule has 0 N–H and O–H groups in total. The van der Waals surface area contributed by atoms with E-state index in [0.717, 1.165) is 5.56 Å². The van der Waals surface area contributed by atoms with Crippen LogP contribution in [0.5, 0.6) is 0 Å². The van der Waals surface area contributed by atoms with Crippen LogP contribution >= 0.6 is 0 Å². The molecule has 0 saturated carbocycles. The Labute approximate surface area is 95.8 Å². The maximum Gasteiger partial charge on any atom is 0.297 e. The van der Waals surface area contributed by atoms with Crippen LogP contribution in [0.4, 0.5) is 0 Å². The molecule has 0 heterocycles. The van der Waals surface area contributed by atoms with Crippen molar-refractivity contribution >= 4 is 10.1 Å². The van der Waals surface area contributed by atoms with Crippen LogP contribution in [0.15, 0.2) is 29.2 Å². The minimum absolute atomic E-state index is 0.0387. The van der Waals surface area contributed by atoms with Crippen LogP contribution in [0.1, 0.15) is 12.5 Å². The van der Waals surface area contributed by atoms with E-state index in [1.165, 1.54) is 12.1 Å². The zero-order valence-electron chi connectivity index (χ0n) is 9.30. The van der Waals surface area contributed by atoms with Gasteiger partial charge in [0.1, 0.15) is 6.61 Å². The lowest BCUT2D eigenvalue weighted by atomic mass is 10.2. The van der Waals surface area contributed by atoms with Crippen molar-refractivity contribution in [1.29, 1.82) is 0 Å². The van der Waals surface area contributed by atoms with E-state index in [2.05, 4.69) is 10.9 Å². The lowest BCUT2D eigenvalue weighted by Crippen LogP contribution is -2.08. The van der Waals surface area contributed by atoms with Gasteiger partial charge in [-0.1, -0.05) is 22.5 Å². The Kier molecular flexibility index (Phi) is 4.47. The van der Waals surface area contributed by atoms with E-state index in [-0.39, 0.29) is 11.5 Å². The van der Waals surface area contributed by atoms with E-state index in [0.29, 0.717) is 6.54 Å². The van der Waals surface area contributed by atoms with Crippen LogP contribution in [0.25, 0.3) is 4.85 Å². The van der Waals surface area contributed by atoms with Gasteiger partial charge in [-0.2, -0.15) is 8.42 Å². The Morgan fingerprint density at radius 1 is 1.31 bits per heavy atom. The molecule has 0 aliphatic rings. The van der Waals surface area contributed by atoms with Crippen molar-refractivity contribution < 1.29 is 12.6 Å². The number of aryl methyl sites for hydroxylation is 1. The van der Waals surface area contributed by atoms with Crippen molar-refractivity contribution in [2.75, 3.05) is 13.2 Å². The van der Waals surface area contributed by atoms with E-state index in [1.54, 1.807) is 19.1 Å². The number of rotatable bonds is 4. The van der Waals surface area contributed by atoms with E-state index in [4.69, 9.17) is 4.18 Å². The third-order valence-electron chi connectivity index (χ3n) is 1.91. The molecule has 0 bridgehead atoms. The zero-order valence-corrected chi connectivity index (χ0v) is 10.1. The molecule has 0 fully saturated rings. The van der Waals surface area contributed by atoms with Gasteiger partial charge in [-0.05, 0) is 19.1 Å². The molecule has 0 atom stereocenters. The van der Waals surface area contributed by atoms with Crippen molar-refractivity contribution in [2.45, 2.75) is 18.7 Å². The fourth-order valence-corrected chi connectivity index (χ4v) is 1.98. The van der Waals surface area contributed by atoms with Gasteiger partial charge in [0.05, 0.1) is 11.8 Å². The van der Waals surface area contributed by atoms with Crippen molar-refractivity contribution in [3.05, 3.63) is 34.7 Å². The standard InChI is InChI=1S/C11H14NO3S/c1-3-12-8-9-15-16(13,14)11-6-4-10(2)5-7-11/h4-7H,8-9H2,1-2H3/q+1. The molecule has 0 unspecified atom stereocenters. The van der Waals surface area contributed by atoms with Crippen LogP contribution in [0, 0.1) is 13.0 Å². The highest BCUT2D eigenvalue weighted by atomic mass is 32.2. The molecule has 16 heavy (non-hydrogen) atoms. The number of nitrogens with zero attached hydrogens (tertiary/aromatic N) is 1. The second kappa shape index (κ2) is 5.64. The predicted molar refractivity (Wildman–Crippen MR) is 62.1 cm³/mol. The largest absolute Gasteiger partial charge is 0.297 e. The first kappa shape index (κ1) is 12.7. The molecule has 1 rings (SSSR count). The molecular formula is C11H14NO3S+. The molecule has 86 valence electrons. The van der Waals surface area contributed by atoms with Gasteiger partial charge in [0, 0.05) is 0 Å². The van der Waals surface area contributed by atoms with E-state index in [1.807, 2.05) is 6.92 Å². The highest BCUT2D eigenvalue weighted by Crippen LogP contribution is 2.12. The Hall–Kier alpha value is -1.38. The Bertz CT molecular complexity index is 494. The normalized spacial score (nSPS) is 10.6. The predicted octanol–water partition coefficient (Wildman–Crippen LogP) is 2.05. The second-order valence-corrected chi connectivity index (χ2v) is 4.81. The van der Waals surface area contributed by atoms with Crippen LogP contribution in [0.2, 0.25) is 0 Å². The summed E-state index contributed by atoms with van der Waals surface area (Å²) in [7, 11) is -3.65. The zero-order chi connectivity index (χ0) is 12.0. The van der Waals surface area contributed by atoms with Crippen LogP contribution < -0.4 is 0 Å². The second-order valence-electron chi connectivity index (χ2n) is 3.19.